The number of aryl methyl sites for hydroxylation is 1. The number of nitrogens with one attached hydrogen (secondary N) is 1. The predicted molar refractivity (Wildman–Crippen MR) is 79.6 cm³/mol. The lowest BCUT2D eigenvalue weighted by Crippen LogP contribution is -2.29. The van der Waals surface area contributed by atoms with E-state index in [0.29, 0.717) is 0 Å². The van der Waals surface area contributed by atoms with E-state index in [9.17, 15) is 0 Å². The molecule has 0 aromatic carbocycles. The standard InChI is InChI=1S/C14H17N5S/c1-8-9(2)17-18-14-10(8)11-12(20-14)13(16-7-15-11)19-5-3-4-6-19/h7,11H,3-6H2,1-2H3,(H,15,16). The Kier molecular flexibility index (Phi) is 2.73. The number of hydrogen-bond donors (Lipinski definition) is 1. The van der Waals surface area contributed by atoms with E-state index in [2.05, 4.69) is 32.3 Å². The summed E-state index contributed by atoms with van der Waals surface area (Å²) in [5.41, 5.74) is 3.53. The van der Waals surface area contributed by atoms with Crippen molar-refractivity contribution >= 4 is 18.1 Å². The molecular formula is C14H17N5S. The molecule has 0 spiro atoms. The summed E-state index contributed by atoms with van der Waals surface area (Å²) in [7, 11) is 0. The van der Waals surface area contributed by atoms with Crippen molar-refractivity contribution in [2.45, 2.75) is 37.8 Å². The third kappa shape index (κ3) is 1.67. The first-order chi connectivity index (χ1) is 9.75. The van der Waals surface area contributed by atoms with Crippen molar-refractivity contribution in [3.8, 4) is 0 Å². The summed E-state index contributed by atoms with van der Waals surface area (Å²) in [6.45, 7) is 6.38. The van der Waals surface area contributed by atoms with E-state index < -0.39 is 0 Å². The van der Waals surface area contributed by atoms with Crippen molar-refractivity contribution in [1.29, 1.82) is 0 Å². The van der Waals surface area contributed by atoms with Crippen molar-refractivity contribution in [3.05, 3.63) is 27.5 Å². The smallest absolute Gasteiger partial charge is 0.142 e. The molecule has 0 bridgehead atoms. The van der Waals surface area contributed by atoms with Gasteiger partial charge in [-0.2, -0.15) is 5.10 Å². The van der Waals surface area contributed by atoms with Crippen LogP contribution >= 0.6 is 11.8 Å². The number of fused-ring (bicyclic) bond motifs is 3. The number of aromatic nitrogens is 2. The second kappa shape index (κ2) is 4.48. The highest BCUT2D eigenvalue weighted by atomic mass is 32.2. The number of hydrogen-bond acceptors (Lipinski definition) is 6. The van der Waals surface area contributed by atoms with Gasteiger partial charge in [-0.05, 0) is 32.3 Å². The van der Waals surface area contributed by atoms with Gasteiger partial charge in [0.05, 0.1) is 23.0 Å². The molecule has 0 aliphatic carbocycles. The third-order valence-corrected chi connectivity index (χ3v) is 5.41. The molecule has 20 heavy (non-hydrogen) atoms. The van der Waals surface area contributed by atoms with Crippen molar-refractivity contribution < 1.29 is 0 Å². The first kappa shape index (κ1) is 12.2. The highest BCUT2D eigenvalue weighted by Crippen LogP contribution is 2.50. The van der Waals surface area contributed by atoms with E-state index in [4.69, 9.17) is 0 Å². The van der Waals surface area contributed by atoms with Crippen LogP contribution in [0.1, 0.15) is 35.7 Å². The average molecular weight is 287 g/mol. The van der Waals surface area contributed by atoms with Crippen LogP contribution in [0.15, 0.2) is 20.7 Å². The molecule has 4 heterocycles. The van der Waals surface area contributed by atoms with E-state index in [-0.39, 0.29) is 6.04 Å². The largest absolute Gasteiger partial charge is 0.364 e. The second-order valence-electron chi connectivity index (χ2n) is 5.47. The Labute approximate surface area is 122 Å². The predicted octanol–water partition coefficient (Wildman–Crippen LogP) is 2.14. The molecule has 0 saturated carbocycles. The fourth-order valence-electron chi connectivity index (χ4n) is 3.05. The molecule has 6 heteroatoms. The Balaban J connectivity index is 1.82. The molecule has 0 amide bonds. The Bertz CT molecular complexity index is 631. The molecule has 104 valence electrons. The Morgan fingerprint density at radius 2 is 2.05 bits per heavy atom. The molecule has 1 aromatic rings. The minimum Gasteiger partial charge on any atom is -0.364 e. The molecule has 0 radical (unpaired) electrons. The minimum absolute atomic E-state index is 0.206. The van der Waals surface area contributed by atoms with Crippen molar-refractivity contribution in [2.75, 3.05) is 13.1 Å². The van der Waals surface area contributed by atoms with Crippen LogP contribution in [0.3, 0.4) is 0 Å². The second-order valence-corrected chi connectivity index (χ2v) is 6.50. The first-order valence-corrected chi connectivity index (χ1v) is 7.86. The number of thioether (sulfide) groups is 1. The van der Waals surface area contributed by atoms with Crippen molar-refractivity contribution in [2.24, 2.45) is 4.99 Å². The molecule has 1 unspecified atom stereocenters. The van der Waals surface area contributed by atoms with E-state index >= 15 is 0 Å². The summed E-state index contributed by atoms with van der Waals surface area (Å²) in [6, 6.07) is 0.206. The Hall–Kier alpha value is -1.56. The van der Waals surface area contributed by atoms with Gasteiger partial charge < -0.3 is 10.2 Å². The van der Waals surface area contributed by atoms with Gasteiger partial charge >= 0.3 is 0 Å². The Morgan fingerprint density at radius 1 is 1.25 bits per heavy atom. The highest BCUT2D eigenvalue weighted by molar-refractivity contribution is 8.03. The van der Waals surface area contributed by atoms with Crippen LogP contribution in [-0.2, 0) is 0 Å². The number of likely N-dealkylation sites (tertiary alicyclic amines) is 1. The van der Waals surface area contributed by atoms with Gasteiger partial charge in [-0.3, -0.25) is 0 Å². The van der Waals surface area contributed by atoms with Gasteiger partial charge in [0.25, 0.3) is 0 Å². The zero-order valence-electron chi connectivity index (χ0n) is 11.7. The van der Waals surface area contributed by atoms with Crippen molar-refractivity contribution in [1.82, 2.24) is 20.4 Å². The molecule has 3 aliphatic heterocycles. The molecule has 4 rings (SSSR count). The van der Waals surface area contributed by atoms with Gasteiger partial charge in [0, 0.05) is 18.7 Å². The molecular weight excluding hydrogens is 270 g/mol. The van der Waals surface area contributed by atoms with Gasteiger partial charge in [0.1, 0.15) is 10.8 Å². The summed E-state index contributed by atoms with van der Waals surface area (Å²) in [4.78, 5) is 8.27. The van der Waals surface area contributed by atoms with Gasteiger partial charge in [0.15, 0.2) is 0 Å². The molecule has 3 aliphatic rings. The van der Waals surface area contributed by atoms with E-state index in [1.807, 2.05) is 13.3 Å². The monoisotopic (exact) mass is 287 g/mol. The van der Waals surface area contributed by atoms with E-state index in [1.165, 1.54) is 28.9 Å². The summed E-state index contributed by atoms with van der Waals surface area (Å²) in [5.74, 6) is 1.13. The number of aliphatic imine (C=N–C) groups is 1. The lowest BCUT2D eigenvalue weighted by atomic mass is 10.0. The maximum absolute atomic E-state index is 4.59. The van der Waals surface area contributed by atoms with Crippen LogP contribution in [0.4, 0.5) is 0 Å². The van der Waals surface area contributed by atoms with Crippen LogP contribution in [0.2, 0.25) is 0 Å². The molecule has 5 nitrogen and oxygen atoms in total. The van der Waals surface area contributed by atoms with Crippen LogP contribution in [-0.4, -0.2) is 34.5 Å². The zero-order valence-corrected chi connectivity index (χ0v) is 12.5. The fourth-order valence-corrected chi connectivity index (χ4v) is 4.30. The lowest BCUT2D eigenvalue weighted by molar-refractivity contribution is 0.413. The molecule has 1 saturated heterocycles. The number of rotatable bonds is 1. The topological polar surface area (TPSA) is 53.4 Å². The summed E-state index contributed by atoms with van der Waals surface area (Å²) < 4.78 is 0. The van der Waals surface area contributed by atoms with Gasteiger partial charge in [-0.25, -0.2) is 4.99 Å². The lowest BCUT2D eigenvalue weighted by Gasteiger charge is -2.26. The third-order valence-electron chi connectivity index (χ3n) is 4.28. The van der Waals surface area contributed by atoms with Gasteiger partial charge in [0.2, 0.25) is 0 Å². The molecule has 1 aromatic heterocycles. The van der Waals surface area contributed by atoms with Crippen LogP contribution in [0, 0.1) is 13.8 Å². The van der Waals surface area contributed by atoms with Gasteiger partial charge in [-0.1, -0.05) is 11.8 Å². The quantitative estimate of drug-likeness (QED) is 0.857. The van der Waals surface area contributed by atoms with Crippen LogP contribution in [0.25, 0.3) is 0 Å². The molecule has 1 atom stereocenters. The minimum atomic E-state index is 0.206. The normalized spacial score (nSPS) is 23.9. The van der Waals surface area contributed by atoms with Crippen LogP contribution < -0.4 is 5.32 Å². The fraction of sp³-hybridized carbons (Fsp3) is 0.500. The maximum Gasteiger partial charge on any atom is 0.142 e. The van der Waals surface area contributed by atoms with E-state index in [1.54, 1.807) is 11.8 Å². The Morgan fingerprint density at radius 3 is 2.85 bits per heavy atom. The van der Waals surface area contributed by atoms with Crippen molar-refractivity contribution in [3.63, 3.8) is 0 Å². The maximum atomic E-state index is 4.59. The van der Waals surface area contributed by atoms with E-state index in [0.717, 1.165) is 29.6 Å². The highest BCUT2D eigenvalue weighted by Gasteiger charge is 2.37. The number of nitrogens with zero attached hydrogens (tertiary/aromatic N) is 4. The summed E-state index contributed by atoms with van der Waals surface area (Å²) in [5, 5.41) is 13.0. The van der Waals surface area contributed by atoms with Crippen LogP contribution in [0.5, 0.6) is 0 Å². The zero-order chi connectivity index (χ0) is 13.7. The molecule has 1 N–H and O–H groups in total. The molecule has 1 fully saturated rings. The van der Waals surface area contributed by atoms with Gasteiger partial charge in [-0.15, -0.1) is 5.10 Å². The SMILES string of the molecule is Cc1nnc2c(c1C)C1NC=NC(N3CCCC3)=C1S2. The average Bonchev–Trinajstić information content (AvgIpc) is 3.09. The first-order valence-electron chi connectivity index (χ1n) is 7.05. The summed E-state index contributed by atoms with van der Waals surface area (Å²) >= 11 is 1.73. The summed E-state index contributed by atoms with van der Waals surface area (Å²) in [6.07, 6.45) is 4.37.